The van der Waals surface area contributed by atoms with Gasteiger partial charge in [0, 0.05) is 11.4 Å². The first-order chi connectivity index (χ1) is 10.2. The van der Waals surface area contributed by atoms with E-state index in [0.717, 1.165) is 11.4 Å². The molecule has 2 N–H and O–H groups in total. The summed E-state index contributed by atoms with van der Waals surface area (Å²) in [5.41, 5.74) is 3.37. The predicted octanol–water partition coefficient (Wildman–Crippen LogP) is 3.28. The number of nitrogens with zero attached hydrogens (tertiary/aromatic N) is 3. The number of urea groups is 1. The van der Waals surface area contributed by atoms with Gasteiger partial charge < -0.3 is 0 Å². The van der Waals surface area contributed by atoms with Gasteiger partial charge in [0.25, 0.3) is 0 Å². The molecule has 7 heteroatoms. The van der Waals surface area contributed by atoms with Crippen LogP contribution in [0, 0.1) is 6.92 Å². The third kappa shape index (κ3) is 3.09. The number of carbonyl (C=O) groups is 1. The summed E-state index contributed by atoms with van der Waals surface area (Å²) in [5, 5.41) is 11.6. The van der Waals surface area contributed by atoms with E-state index in [1.807, 2.05) is 43.3 Å². The largest absolute Gasteiger partial charge is 0.326 e. The van der Waals surface area contributed by atoms with E-state index in [1.54, 1.807) is 15.6 Å². The van der Waals surface area contributed by atoms with Crippen molar-refractivity contribution >= 4 is 29.0 Å². The summed E-state index contributed by atoms with van der Waals surface area (Å²) < 4.78 is 1.69. The Kier molecular flexibility index (Phi) is 3.65. The number of hydrogen-bond donors (Lipinski definition) is 2. The van der Waals surface area contributed by atoms with Gasteiger partial charge >= 0.3 is 6.03 Å². The maximum atomic E-state index is 12.0. The van der Waals surface area contributed by atoms with Crippen molar-refractivity contribution < 1.29 is 4.79 Å². The lowest BCUT2D eigenvalue weighted by Gasteiger charge is -2.08. The molecule has 21 heavy (non-hydrogen) atoms. The normalized spacial score (nSPS) is 10.3. The van der Waals surface area contributed by atoms with E-state index in [9.17, 15) is 4.79 Å². The van der Waals surface area contributed by atoms with E-state index < -0.39 is 0 Å². The van der Waals surface area contributed by atoms with Crippen molar-refractivity contribution in [2.24, 2.45) is 0 Å². The molecule has 0 spiro atoms. The van der Waals surface area contributed by atoms with Crippen LogP contribution < -0.4 is 10.6 Å². The lowest BCUT2D eigenvalue weighted by Crippen LogP contribution is -2.21. The molecular formula is C14H13N5OS. The highest BCUT2D eigenvalue weighted by molar-refractivity contribution is 7.07. The highest BCUT2D eigenvalue weighted by atomic mass is 32.1. The molecule has 3 aromatic rings. The van der Waals surface area contributed by atoms with Crippen LogP contribution in [0.1, 0.15) is 5.69 Å². The molecule has 0 aliphatic rings. The van der Waals surface area contributed by atoms with Crippen molar-refractivity contribution in [1.29, 1.82) is 0 Å². The molecule has 0 unspecified atom stereocenters. The number of aryl methyl sites for hydroxylation is 1. The summed E-state index contributed by atoms with van der Waals surface area (Å²) in [4.78, 5) is 16.0. The number of benzene rings is 1. The van der Waals surface area contributed by atoms with Crippen LogP contribution >= 0.6 is 11.3 Å². The zero-order valence-electron chi connectivity index (χ0n) is 11.3. The standard InChI is InChI=1S/C14H13N5OS/c1-10-7-13(17-14(20)16-12-8-21-9-15-12)19(18-10)11-5-3-2-4-6-11/h2-9H,1H3,(H2,16,17,20). The van der Waals surface area contributed by atoms with E-state index >= 15 is 0 Å². The van der Waals surface area contributed by atoms with Crippen LogP contribution in [0.4, 0.5) is 16.4 Å². The van der Waals surface area contributed by atoms with Crippen molar-refractivity contribution in [2.75, 3.05) is 10.6 Å². The Morgan fingerprint density at radius 2 is 2.05 bits per heavy atom. The average molecular weight is 299 g/mol. The maximum absolute atomic E-state index is 12.0. The average Bonchev–Trinajstić information content (AvgIpc) is 3.09. The molecular weight excluding hydrogens is 286 g/mol. The Morgan fingerprint density at radius 3 is 2.76 bits per heavy atom. The minimum atomic E-state index is -0.349. The molecule has 0 aliphatic heterocycles. The summed E-state index contributed by atoms with van der Waals surface area (Å²) >= 11 is 1.42. The second-order valence-corrected chi connectivity index (χ2v) is 5.09. The number of carbonyl (C=O) groups excluding carboxylic acids is 1. The molecule has 106 valence electrons. The van der Waals surface area contributed by atoms with Crippen LogP contribution in [0.3, 0.4) is 0 Å². The molecule has 3 rings (SSSR count). The van der Waals surface area contributed by atoms with Gasteiger partial charge in [0.2, 0.25) is 0 Å². The van der Waals surface area contributed by atoms with E-state index in [4.69, 9.17) is 0 Å². The number of para-hydroxylation sites is 1. The van der Waals surface area contributed by atoms with Crippen LogP contribution in [0.15, 0.2) is 47.3 Å². The van der Waals surface area contributed by atoms with Gasteiger partial charge in [0.1, 0.15) is 11.6 Å². The third-order valence-electron chi connectivity index (χ3n) is 2.75. The van der Waals surface area contributed by atoms with Gasteiger partial charge in [0.15, 0.2) is 0 Å². The molecule has 0 bridgehead atoms. The molecule has 1 aromatic carbocycles. The van der Waals surface area contributed by atoms with Crippen molar-refractivity contribution in [3.05, 3.63) is 53.0 Å². The van der Waals surface area contributed by atoms with Gasteiger partial charge in [-0.2, -0.15) is 5.10 Å². The Hall–Kier alpha value is -2.67. The molecule has 2 heterocycles. The zero-order chi connectivity index (χ0) is 14.7. The fourth-order valence-corrected chi connectivity index (χ4v) is 2.38. The van der Waals surface area contributed by atoms with Crippen LogP contribution in [-0.2, 0) is 0 Å². The second-order valence-electron chi connectivity index (χ2n) is 4.37. The quantitative estimate of drug-likeness (QED) is 0.779. The summed E-state index contributed by atoms with van der Waals surface area (Å²) in [6.45, 7) is 1.88. The van der Waals surface area contributed by atoms with Crippen molar-refractivity contribution in [2.45, 2.75) is 6.92 Å². The fraction of sp³-hybridized carbons (Fsp3) is 0.0714. The molecule has 0 saturated heterocycles. The number of anilines is 2. The summed E-state index contributed by atoms with van der Waals surface area (Å²) in [7, 11) is 0. The van der Waals surface area contributed by atoms with Crippen LogP contribution in [-0.4, -0.2) is 20.8 Å². The van der Waals surface area contributed by atoms with Crippen LogP contribution in [0.5, 0.6) is 0 Å². The van der Waals surface area contributed by atoms with Gasteiger partial charge in [-0.1, -0.05) is 18.2 Å². The van der Waals surface area contributed by atoms with E-state index in [2.05, 4.69) is 20.7 Å². The van der Waals surface area contributed by atoms with Gasteiger partial charge in [-0.3, -0.25) is 10.6 Å². The lowest BCUT2D eigenvalue weighted by atomic mass is 10.3. The van der Waals surface area contributed by atoms with Gasteiger partial charge in [0.05, 0.1) is 16.9 Å². The Labute approximate surface area is 125 Å². The first-order valence-corrected chi connectivity index (χ1v) is 7.25. The molecule has 0 aliphatic carbocycles. The zero-order valence-corrected chi connectivity index (χ0v) is 12.1. The number of hydrogen-bond acceptors (Lipinski definition) is 4. The summed E-state index contributed by atoms with van der Waals surface area (Å²) in [6.07, 6.45) is 0. The predicted molar refractivity (Wildman–Crippen MR) is 83.1 cm³/mol. The lowest BCUT2D eigenvalue weighted by molar-refractivity contribution is 0.262. The molecule has 0 fully saturated rings. The number of rotatable bonds is 3. The first kappa shape index (κ1) is 13.3. The van der Waals surface area contributed by atoms with Gasteiger partial charge in [-0.25, -0.2) is 14.5 Å². The second kappa shape index (κ2) is 5.76. The monoisotopic (exact) mass is 299 g/mol. The minimum absolute atomic E-state index is 0.349. The molecule has 0 atom stereocenters. The number of amides is 2. The van der Waals surface area contributed by atoms with Crippen molar-refractivity contribution in [3.8, 4) is 5.69 Å². The number of nitrogens with one attached hydrogen (secondary N) is 2. The Morgan fingerprint density at radius 1 is 1.24 bits per heavy atom. The Balaban J connectivity index is 1.81. The summed E-state index contributed by atoms with van der Waals surface area (Å²) in [6, 6.07) is 11.1. The summed E-state index contributed by atoms with van der Waals surface area (Å²) in [5.74, 6) is 1.13. The smallest absolute Gasteiger partial charge is 0.292 e. The van der Waals surface area contributed by atoms with Crippen LogP contribution in [0.25, 0.3) is 5.69 Å². The molecule has 0 saturated carbocycles. The molecule has 2 aromatic heterocycles. The highest BCUT2D eigenvalue weighted by Gasteiger charge is 2.11. The van der Waals surface area contributed by atoms with Crippen molar-refractivity contribution in [1.82, 2.24) is 14.8 Å². The number of thiazole rings is 1. The third-order valence-corrected chi connectivity index (χ3v) is 3.33. The van der Waals surface area contributed by atoms with E-state index in [0.29, 0.717) is 11.6 Å². The van der Waals surface area contributed by atoms with Gasteiger partial charge in [-0.15, -0.1) is 11.3 Å². The molecule has 2 amide bonds. The minimum Gasteiger partial charge on any atom is -0.292 e. The fourth-order valence-electron chi connectivity index (χ4n) is 1.89. The topological polar surface area (TPSA) is 71.8 Å². The SMILES string of the molecule is Cc1cc(NC(=O)Nc2cscn2)n(-c2ccccc2)n1. The van der Waals surface area contributed by atoms with Gasteiger partial charge in [-0.05, 0) is 19.1 Å². The molecule has 6 nitrogen and oxygen atoms in total. The van der Waals surface area contributed by atoms with Crippen LogP contribution in [0.2, 0.25) is 0 Å². The Bertz CT molecular complexity index is 736. The maximum Gasteiger partial charge on any atom is 0.326 e. The highest BCUT2D eigenvalue weighted by Crippen LogP contribution is 2.17. The van der Waals surface area contributed by atoms with E-state index in [-0.39, 0.29) is 6.03 Å². The number of aromatic nitrogens is 3. The molecule has 0 radical (unpaired) electrons. The van der Waals surface area contributed by atoms with Crippen molar-refractivity contribution in [3.63, 3.8) is 0 Å². The first-order valence-electron chi connectivity index (χ1n) is 6.30. The van der Waals surface area contributed by atoms with E-state index in [1.165, 1.54) is 11.3 Å².